The van der Waals surface area contributed by atoms with Gasteiger partial charge >= 0.3 is 5.97 Å². The molecule has 2 aromatic carbocycles. The second-order valence-electron chi connectivity index (χ2n) is 6.61. The van der Waals surface area contributed by atoms with E-state index in [1.165, 1.54) is 6.92 Å². The first-order valence-corrected chi connectivity index (χ1v) is 8.87. The molecule has 0 saturated carbocycles. The van der Waals surface area contributed by atoms with Crippen molar-refractivity contribution in [1.29, 1.82) is 0 Å². The molecule has 2 aromatic rings. The van der Waals surface area contributed by atoms with Crippen molar-refractivity contribution in [2.24, 2.45) is 0 Å². The molecule has 0 spiro atoms. The summed E-state index contributed by atoms with van der Waals surface area (Å²) in [4.78, 5) is 48.2. The molecule has 0 radical (unpaired) electrons. The number of amides is 2. The van der Waals surface area contributed by atoms with Crippen LogP contribution in [0.3, 0.4) is 0 Å². The van der Waals surface area contributed by atoms with Gasteiger partial charge in [-0.3, -0.25) is 14.4 Å². The van der Waals surface area contributed by atoms with Crippen LogP contribution in [0.2, 0.25) is 0 Å². The average molecular weight is 380 g/mol. The smallest absolute Gasteiger partial charge is 0.328 e. The molecule has 28 heavy (non-hydrogen) atoms. The number of benzene rings is 2. The van der Waals surface area contributed by atoms with Gasteiger partial charge < -0.3 is 15.4 Å². The lowest BCUT2D eigenvalue weighted by molar-refractivity contribution is -0.144. The largest absolute Gasteiger partial charge is 0.456 e. The highest BCUT2D eigenvalue weighted by molar-refractivity contribution is 6.05. The van der Waals surface area contributed by atoms with E-state index < -0.39 is 24.5 Å². The predicted octanol–water partition coefficient (Wildman–Crippen LogP) is 2.29. The van der Waals surface area contributed by atoms with Gasteiger partial charge in [-0.15, -0.1) is 0 Å². The van der Waals surface area contributed by atoms with E-state index >= 15 is 0 Å². The van der Waals surface area contributed by atoms with Crippen LogP contribution in [0.1, 0.15) is 46.0 Å². The van der Waals surface area contributed by atoms with Crippen molar-refractivity contribution >= 4 is 29.3 Å². The third kappa shape index (κ3) is 4.09. The van der Waals surface area contributed by atoms with Gasteiger partial charge in [0.15, 0.2) is 12.4 Å². The summed E-state index contributed by atoms with van der Waals surface area (Å²) >= 11 is 0. The maximum Gasteiger partial charge on any atom is 0.328 e. The molecule has 2 atom stereocenters. The molecule has 7 nitrogen and oxygen atoms in total. The fourth-order valence-corrected chi connectivity index (χ4v) is 2.86. The highest BCUT2D eigenvalue weighted by Crippen LogP contribution is 2.32. The zero-order valence-electron chi connectivity index (χ0n) is 15.5. The molecule has 1 aliphatic heterocycles. The van der Waals surface area contributed by atoms with Crippen LogP contribution >= 0.6 is 0 Å². The molecule has 1 aliphatic rings. The van der Waals surface area contributed by atoms with Gasteiger partial charge in [-0.2, -0.15) is 0 Å². The Bertz CT molecular complexity index is 939. The van der Waals surface area contributed by atoms with Crippen molar-refractivity contribution < 1.29 is 23.9 Å². The number of anilines is 1. The minimum absolute atomic E-state index is 0.117. The van der Waals surface area contributed by atoms with E-state index in [0.717, 1.165) is 5.56 Å². The lowest BCUT2D eigenvalue weighted by Gasteiger charge is -2.13. The summed E-state index contributed by atoms with van der Waals surface area (Å²) in [7, 11) is 0. The Morgan fingerprint density at radius 2 is 1.82 bits per heavy atom. The quantitative estimate of drug-likeness (QED) is 0.591. The van der Waals surface area contributed by atoms with Gasteiger partial charge in [-0.05, 0) is 49.7 Å². The topological polar surface area (TPSA) is 102 Å². The van der Waals surface area contributed by atoms with Crippen LogP contribution in [0.4, 0.5) is 5.69 Å². The number of Topliss-reactive ketones (excluding diaryl/α,β-unsaturated/α-hetero) is 1. The third-order valence-electron chi connectivity index (χ3n) is 4.57. The third-order valence-corrected chi connectivity index (χ3v) is 4.57. The minimum Gasteiger partial charge on any atom is -0.456 e. The number of hydrogen-bond acceptors (Lipinski definition) is 5. The summed E-state index contributed by atoms with van der Waals surface area (Å²) in [6, 6.07) is 12.5. The maximum absolute atomic E-state index is 12.3. The summed E-state index contributed by atoms with van der Waals surface area (Å²) in [5, 5.41) is 5.27. The van der Waals surface area contributed by atoms with E-state index in [4.69, 9.17) is 4.74 Å². The number of hydrogen-bond donors (Lipinski definition) is 2. The van der Waals surface area contributed by atoms with Gasteiger partial charge in [-0.1, -0.05) is 18.2 Å². The van der Waals surface area contributed by atoms with Crippen LogP contribution in [-0.2, 0) is 14.3 Å². The number of nitrogens with one attached hydrogen (secondary N) is 2. The van der Waals surface area contributed by atoms with Crippen molar-refractivity contribution in [3.05, 3.63) is 65.2 Å². The monoisotopic (exact) mass is 380 g/mol. The average Bonchev–Trinajstić information content (AvgIpc) is 2.99. The lowest BCUT2D eigenvalue weighted by atomic mass is 9.99. The van der Waals surface area contributed by atoms with Gasteiger partial charge in [0, 0.05) is 16.8 Å². The number of carbonyl (C=O) groups is 4. The predicted molar refractivity (Wildman–Crippen MR) is 102 cm³/mol. The van der Waals surface area contributed by atoms with E-state index in [0.29, 0.717) is 16.8 Å². The van der Waals surface area contributed by atoms with E-state index in [-0.39, 0.29) is 17.6 Å². The standard InChI is InChI=1S/C21H20N2O5/c1-12-16-10-15(8-9-17(16)23-19(12)25)18(24)11-28-21(27)13(2)22-20(26)14-6-4-3-5-7-14/h3-10,12-13H,11H2,1-2H3,(H,22,26)(H,23,25)/t12-,13+/m1/s1. The molecular weight excluding hydrogens is 360 g/mol. The van der Waals surface area contributed by atoms with Crippen LogP contribution < -0.4 is 10.6 Å². The van der Waals surface area contributed by atoms with Gasteiger partial charge in [0.1, 0.15) is 6.04 Å². The molecule has 7 heteroatoms. The van der Waals surface area contributed by atoms with Crippen LogP contribution in [0.25, 0.3) is 0 Å². The molecule has 0 unspecified atom stereocenters. The van der Waals surface area contributed by atoms with E-state index in [1.807, 2.05) is 0 Å². The molecule has 0 bridgehead atoms. The fraction of sp³-hybridized carbons (Fsp3) is 0.238. The zero-order chi connectivity index (χ0) is 20.3. The summed E-state index contributed by atoms with van der Waals surface area (Å²) < 4.78 is 5.04. The van der Waals surface area contributed by atoms with Crippen LogP contribution in [0, 0.1) is 0 Å². The van der Waals surface area contributed by atoms with E-state index in [1.54, 1.807) is 55.5 Å². The SMILES string of the molecule is C[C@H](NC(=O)c1ccccc1)C(=O)OCC(=O)c1ccc2c(c1)[C@@H](C)C(=O)N2. The Hall–Kier alpha value is -3.48. The Kier molecular flexibility index (Phi) is 5.54. The molecule has 2 N–H and O–H groups in total. The normalized spacial score (nSPS) is 15.9. The molecule has 0 fully saturated rings. The van der Waals surface area contributed by atoms with Crippen molar-refractivity contribution in [3.63, 3.8) is 0 Å². The highest BCUT2D eigenvalue weighted by Gasteiger charge is 2.27. The number of ketones is 1. The summed E-state index contributed by atoms with van der Waals surface area (Å²) in [6.07, 6.45) is 0. The molecule has 1 heterocycles. The van der Waals surface area contributed by atoms with Crippen molar-refractivity contribution in [3.8, 4) is 0 Å². The zero-order valence-corrected chi connectivity index (χ0v) is 15.5. The Balaban J connectivity index is 1.55. The van der Waals surface area contributed by atoms with Crippen molar-refractivity contribution in [2.45, 2.75) is 25.8 Å². The van der Waals surface area contributed by atoms with E-state index in [2.05, 4.69) is 10.6 Å². The van der Waals surface area contributed by atoms with Crippen molar-refractivity contribution in [2.75, 3.05) is 11.9 Å². The molecule has 3 rings (SSSR count). The molecule has 144 valence electrons. The number of ether oxygens (including phenoxy) is 1. The highest BCUT2D eigenvalue weighted by atomic mass is 16.5. The van der Waals surface area contributed by atoms with E-state index in [9.17, 15) is 19.2 Å². The number of carbonyl (C=O) groups excluding carboxylic acids is 4. The number of rotatable bonds is 6. The van der Waals surface area contributed by atoms with Crippen LogP contribution in [0.5, 0.6) is 0 Å². The Labute approximate surface area is 162 Å². The summed E-state index contributed by atoms with van der Waals surface area (Å²) in [6.45, 7) is 2.80. The first-order valence-electron chi connectivity index (χ1n) is 8.87. The fourth-order valence-electron chi connectivity index (χ4n) is 2.86. The molecule has 2 amide bonds. The van der Waals surface area contributed by atoms with Gasteiger partial charge in [0.2, 0.25) is 5.91 Å². The van der Waals surface area contributed by atoms with Gasteiger partial charge in [-0.25, -0.2) is 4.79 Å². The molecular formula is C21H20N2O5. The first kappa shape index (κ1) is 19.3. The lowest BCUT2D eigenvalue weighted by Crippen LogP contribution is -2.40. The first-order chi connectivity index (χ1) is 13.4. The van der Waals surface area contributed by atoms with Crippen LogP contribution in [0.15, 0.2) is 48.5 Å². The van der Waals surface area contributed by atoms with Crippen LogP contribution in [-0.4, -0.2) is 36.2 Å². The van der Waals surface area contributed by atoms with Gasteiger partial charge in [0.05, 0.1) is 5.92 Å². The van der Waals surface area contributed by atoms with Gasteiger partial charge in [0.25, 0.3) is 5.91 Å². The second kappa shape index (κ2) is 8.04. The Morgan fingerprint density at radius 3 is 2.54 bits per heavy atom. The molecule has 0 saturated heterocycles. The van der Waals surface area contributed by atoms with Crippen molar-refractivity contribution in [1.82, 2.24) is 5.32 Å². The Morgan fingerprint density at radius 1 is 1.11 bits per heavy atom. The molecule has 0 aromatic heterocycles. The number of esters is 1. The minimum atomic E-state index is -0.901. The number of fused-ring (bicyclic) bond motifs is 1. The second-order valence-corrected chi connectivity index (χ2v) is 6.61. The summed E-state index contributed by atoms with van der Waals surface area (Å²) in [5.74, 6) is -1.94. The molecule has 0 aliphatic carbocycles. The maximum atomic E-state index is 12.3. The summed E-state index contributed by atoms with van der Waals surface area (Å²) in [5.41, 5.74) is 2.21.